The van der Waals surface area contributed by atoms with Crippen LogP contribution in [0.5, 0.6) is 5.75 Å². The number of fused-ring (bicyclic) bond motifs is 1. The lowest BCUT2D eigenvalue weighted by atomic mass is 9.98. The number of nitro benzene ring substituents is 1. The van der Waals surface area contributed by atoms with Crippen molar-refractivity contribution in [2.24, 2.45) is 0 Å². The Morgan fingerprint density at radius 1 is 1.36 bits per heavy atom. The van der Waals surface area contributed by atoms with Gasteiger partial charge in [0.25, 0.3) is 11.6 Å². The van der Waals surface area contributed by atoms with Crippen LogP contribution < -0.4 is 10.1 Å². The largest absolute Gasteiger partial charge is 0.473 e. The molecule has 0 saturated heterocycles. The van der Waals surface area contributed by atoms with Crippen LogP contribution in [-0.2, 0) is 9.22 Å². The molecule has 0 aromatic heterocycles. The summed E-state index contributed by atoms with van der Waals surface area (Å²) in [7, 11) is -2.05. The zero-order chi connectivity index (χ0) is 19.0. The number of carbonyl (C=O) groups excluding carboxylic acids is 1. The fourth-order valence-corrected chi connectivity index (χ4v) is 3.28. The van der Waals surface area contributed by atoms with Crippen molar-refractivity contribution in [2.75, 3.05) is 11.9 Å². The molecule has 1 aliphatic heterocycles. The highest BCUT2D eigenvalue weighted by atomic mass is 28.4. The predicted molar refractivity (Wildman–Crippen MR) is 98.5 cm³/mol. The summed E-state index contributed by atoms with van der Waals surface area (Å²) in [6.07, 6.45) is 0.434. The quantitative estimate of drug-likeness (QED) is 0.481. The Labute approximate surface area is 149 Å². The van der Waals surface area contributed by atoms with Gasteiger partial charge in [0.2, 0.25) is 5.60 Å². The third kappa shape index (κ3) is 3.69. The minimum absolute atomic E-state index is 0.0194. The molecule has 1 N–H and O–H groups in total. The third-order valence-electron chi connectivity index (χ3n) is 5.18. The average Bonchev–Trinajstić information content (AvgIpc) is 2.51. The van der Waals surface area contributed by atoms with E-state index in [9.17, 15) is 14.9 Å². The van der Waals surface area contributed by atoms with Crippen LogP contribution in [0.1, 0.15) is 34.1 Å². The van der Waals surface area contributed by atoms with Crippen LogP contribution in [0.3, 0.4) is 0 Å². The Kier molecular flexibility index (Phi) is 4.98. The van der Waals surface area contributed by atoms with E-state index >= 15 is 0 Å². The number of nitrogens with zero attached hydrogens (tertiary/aromatic N) is 1. The number of hydrogen-bond acceptors (Lipinski definition) is 5. The molecule has 0 saturated carbocycles. The van der Waals surface area contributed by atoms with Gasteiger partial charge in [0, 0.05) is 12.1 Å². The normalized spacial score (nSPS) is 20.5. The zero-order valence-corrected chi connectivity index (χ0v) is 16.6. The van der Waals surface area contributed by atoms with E-state index in [1.807, 2.05) is 6.92 Å². The van der Waals surface area contributed by atoms with Gasteiger partial charge in [-0.3, -0.25) is 14.9 Å². The minimum atomic E-state index is -2.05. The second kappa shape index (κ2) is 6.42. The molecule has 1 aliphatic rings. The Hall–Kier alpha value is -1.93. The van der Waals surface area contributed by atoms with E-state index in [1.165, 1.54) is 18.2 Å². The molecule has 8 heteroatoms. The molecule has 0 radical (unpaired) electrons. The van der Waals surface area contributed by atoms with Crippen LogP contribution in [0, 0.1) is 10.1 Å². The van der Waals surface area contributed by atoms with E-state index in [2.05, 4.69) is 39.2 Å². The van der Waals surface area contributed by atoms with Crippen molar-refractivity contribution in [1.82, 2.24) is 0 Å². The van der Waals surface area contributed by atoms with E-state index in [-0.39, 0.29) is 23.2 Å². The first-order valence-electron chi connectivity index (χ1n) is 8.35. The summed E-state index contributed by atoms with van der Waals surface area (Å²) in [4.78, 5) is 23.1. The lowest BCUT2D eigenvalue weighted by Gasteiger charge is -2.42. The van der Waals surface area contributed by atoms with Crippen LogP contribution in [0.2, 0.25) is 18.1 Å². The number of rotatable bonds is 5. The lowest BCUT2D eigenvalue weighted by Crippen LogP contribution is -2.56. The predicted octanol–water partition coefficient (Wildman–Crippen LogP) is 4.10. The number of non-ortho nitro benzene ring substituents is 1. The standard InChI is InChI=1S/C17H26N2O5Si/c1-7-17(11-23-25(5,6)16(2,3)4)15(20)18-13-10-12(19(21)22)8-9-14(13)24-17/h8-10H,7,11H2,1-6H3,(H,18,20). The van der Waals surface area contributed by atoms with Gasteiger partial charge in [-0.15, -0.1) is 0 Å². The molecule has 1 amide bonds. The van der Waals surface area contributed by atoms with Crippen molar-refractivity contribution in [2.45, 2.75) is 57.8 Å². The van der Waals surface area contributed by atoms with Gasteiger partial charge in [-0.1, -0.05) is 27.7 Å². The van der Waals surface area contributed by atoms with Crippen molar-refractivity contribution in [3.63, 3.8) is 0 Å². The lowest BCUT2D eigenvalue weighted by molar-refractivity contribution is -0.384. The molecule has 0 fully saturated rings. The van der Waals surface area contributed by atoms with E-state index in [4.69, 9.17) is 9.16 Å². The van der Waals surface area contributed by atoms with Gasteiger partial charge in [0.1, 0.15) is 5.75 Å². The maximum atomic E-state index is 12.7. The summed E-state index contributed by atoms with van der Waals surface area (Å²) in [5.74, 6) is 0.0904. The number of amides is 1. The number of carbonyl (C=O) groups is 1. The zero-order valence-electron chi connectivity index (χ0n) is 15.6. The number of benzene rings is 1. The Balaban J connectivity index is 2.27. The first-order chi connectivity index (χ1) is 11.4. The van der Waals surface area contributed by atoms with Gasteiger partial charge in [0.15, 0.2) is 8.32 Å². The van der Waals surface area contributed by atoms with Gasteiger partial charge < -0.3 is 14.5 Å². The van der Waals surface area contributed by atoms with Crippen molar-refractivity contribution in [3.05, 3.63) is 28.3 Å². The molecule has 1 aromatic carbocycles. The van der Waals surface area contributed by atoms with Crippen molar-refractivity contribution in [1.29, 1.82) is 0 Å². The van der Waals surface area contributed by atoms with Crippen molar-refractivity contribution in [3.8, 4) is 5.75 Å². The number of anilines is 1. The Bertz CT molecular complexity index is 699. The van der Waals surface area contributed by atoms with E-state index in [1.54, 1.807) is 0 Å². The molecule has 1 aromatic rings. The van der Waals surface area contributed by atoms with Crippen LogP contribution in [0.4, 0.5) is 11.4 Å². The molecule has 1 heterocycles. The second-order valence-corrected chi connectivity index (χ2v) is 12.7. The topological polar surface area (TPSA) is 90.7 Å². The summed E-state index contributed by atoms with van der Waals surface area (Å²) in [5, 5.41) is 13.7. The van der Waals surface area contributed by atoms with E-state index < -0.39 is 18.8 Å². The van der Waals surface area contributed by atoms with E-state index in [0.29, 0.717) is 17.9 Å². The Morgan fingerprint density at radius 2 is 2.00 bits per heavy atom. The molecule has 0 bridgehead atoms. The van der Waals surface area contributed by atoms with E-state index in [0.717, 1.165) is 0 Å². The smallest absolute Gasteiger partial charge is 0.271 e. The summed E-state index contributed by atoms with van der Waals surface area (Å²) < 4.78 is 12.2. The van der Waals surface area contributed by atoms with Crippen molar-refractivity contribution >= 4 is 25.6 Å². The number of hydrogen-bond donors (Lipinski definition) is 1. The van der Waals surface area contributed by atoms with Gasteiger partial charge in [0.05, 0.1) is 17.2 Å². The van der Waals surface area contributed by atoms with Crippen LogP contribution in [-0.4, -0.2) is 31.4 Å². The summed E-state index contributed by atoms with van der Waals surface area (Å²) in [5.41, 5.74) is -0.904. The molecule has 1 unspecified atom stereocenters. The first kappa shape index (κ1) is 19.4. The molecule has 0 aliphatic carbocycles. The fraction of sp³-hybridized carbons (Fsp3) is 0.588. The summed E-state index contributed by atoms with van der Waals surface area (Å²) >= 11 is 0. The minimum Gasteiger partial charge on any atom is -0.473 e. The van der Waals surface area contributed by atoms with Gasteiger partial charge in [-0.2, -0.15) is 0 Å². The maximum Gasteiger partial charge on any atom is 0.271 e. The summed E-state index contributed by atoms with van der Waals surface area (Å²) in [6.45, 7) is 12.7. The van der Waals surface area contributed by atoms with Gasteiger partial charge in [-0.05, 0) is 30.6 Å². The highest BCUT2D eigenvalue weighted by Crippen LogP contribution is 2.40. The maximum absolute atomic E-state index is 12.7. The van der Waals surface area contributed by atoms with Crippen molar-refractivity contribution < 1.29 is 18.9 Å². The molecule has 138 valence electrons. The van der Waals surface area contributed by atoms with Crippen LogP contribution in [0.15, 0.2) is 18.2 Å². The first-order valence-corrected chi connectivity index (χ1v) is 11.3. The molecule has 0 spiro atoms. The van der Waals surface area contributed by atoms with Crippen LogP contribution in [0.25, 0.3) is 0 Å². The number of nitro groups is 1. The second-order valence-electron chi connectivity index (χ2n) is 7.89. The molecule has 1 atom stereocenters. The Morgan fingerprint density at radius 3 is 2.52 bits per heavy atom. The number of ether oxygens (including phenoxy) is 1. The van der Waals surface area contributed by atoms with Gasteiger partial charge >= 0.3 is 0 Å². The third-order valence-corrected chi connectivity index (χ3v) is 9.66. The number of nitrogens with one attached hydrogen (secondary N) is 1. The highest BCUT2D eigenvalue weighted by Gasteiger charge is 2.47. The SMILES string of the molecule is CCC1(CO[Si](C)(C)C(C)(C)C)Oc2ccc([N+](=O)[O-])cc2NC1=O. The molecular weight excluding hydrogens is 340 g/mol. The molecule has 2 rings (SSSR count). The molecule has 7 nitrogen and oxygen atoms in total. The molecular formula is C17H26N2O5Si. The van der Waals surface area contributed by atoms with Gasteiger partial charge in [-0.25, -0.2) is 0 Å². The fourth-order valence-electron chi connectivity index (χ4n) is 2.25. The highest BCUT2D eigenvalue weighted by molar-refractivity contribution is 6.74. The summed E-state index contributed by atoms with van der Waals surface area (Å²) in [6, 6.07) is 4.19. The average molecular weight is 366 g/mol. The monoisotopic (exact) mass is 366 g/mol. The molecule has 25 heavy (non-hydrogen) atoms. The van der Waals surface area contributed by atoms with Crippen LogP contribution >= 0.6 is 0 Å².